The number of hydroxylamine groups is 1. The standard InChI is InChI=1S/C31H37N5O2/c1-23(21-36(37)29-11-7-4-8-12-29)19-27-20-26(13-14-30(27)38-22-25-9-5-3-6-10-25)31(33)34-28-15-17-35(18-16-28)24(2)32/h3-14,19-20,28,32,37H,15-18,21-22H2,1-2H3,(H2,33,34)/b23-19+,32-24?. The number of para-hydroxylation sites is 1. The molecule has 3 aromatic carbocycles. The second-order valence-corrected chi connectivity index (χ2v) is 9.73. The van der Waals surface area contributed by atoms with Crippen LogP contribution in [0.1, 0.15) is 43.4 Å². The molecule has 1 aliphatic heterocycles. The molecule has 1 saturated heterocycles. The van der Waals surface area contributed by atoms with Crippen LogP contribution in [0, 0.1) is 5.41 Å². The summed E-state index contributed by atoms with van der Waals surface area (Å²) < 4.78 is 6.21. The molecule has 0 unspecified atom stereocenters. The van der Waals surface area contributed by atoms with E-state index in [-0.39, 0.29) is 6.04 Å². The van der Waals surface area contributed by atoms with Crippen molar-refractivity contribution in [1.82, 2.24) is 4.90 Å². The number of nitrogens with one attached hydrogen (secondary N) is 1. The van der Waals surface area contributed by atoms with E-state index >= 15 is 0 Å². The number of aliphatic imine (C=N–C) groups is 1. The number of rotatable bonds is 9. The summed E-state index contributed by atoms with van der Waals surface area (Å²) >= 11 is 0. The number of likely N-dealkylation sites (tertiary alicyclic amines) is 1. The molecule has 0 amide bonds. The summed E-state index contributed by atoms with van der Waals surface area (Å²) in [7, 11) is 0. The van der Waals surface area contributed by atoms with Crippen LogP contribution in [0.5, 0.6) is 5.75 Å². The summed E-state index contributed by atoms with van der Waals surface area (Å²) in [5, 5.41) is 19.6. The van der Waals surface area contributed by atoms with Crippen molar-refractivity contribution in [3.63, 3.8) is 0 Å². The van der Waals surface area contributed by atoms with Crippen LogP contribution < -0.4 is 15.5 Å². The minimum atomic E-state index is 0.147. The van der Waals surface area contributed by atoms with Gasteiger partial charge in [-0.1, -0.05) is 60.2 Å². The van der Waals surface area contributed by atoms with Crippen LogP contribution in [0.2, 0.25) is 0 Å². The van der Waals surface area contributed by atoms with E-state index in [4.69, 9.17) is 20.9 Å². The summed E-state index contributed by atoms with van der Waals surface area (Å²) in [5.74, 6) is 1.85. The zero-order valence-electron chi connectivity index (χ0n) is 22.2. The average Bonchev–Trinajstić information content (AvgIpc) is 2.93. The molecule has 1 aliphatic rings. The molecule has 0 saturated carbocycles. The third-order valence-electron chi connectivity index (χ3n) is 6.66. The predicted molar refractivity (Wildman–Crippen MR) is 155 cm³/mol. The fourth-order valence-electron chi connectivity index (χ4n) is 4.53. The Balaban J connectivity index is 1.55. The number of amidine groups is 2. The second kappa shape index (κ2) is 12.9. The molecule has 7 nitrogen and oxygen atoms in total. The molecule has 0 radical (unpaired) electrons. The van der Waals surface area contributed by atoms with Gasteiger partial charge in [0.05, 0.1) is 24.1 Å². The summed E-state index contributed by atoms with van der Waals surface area (Å²) in [4.78, 5) is 6.90. The van der Waals surface area contributed by atoms with Gasteiger partial charge in [-0.3, -0.25) is 20.7 Å². The highest BCUT2D eigenvalue weighted by molar-refractivity contribution is 5.98. The SMILES string of the molecule is CC(=N)N1CCC(N=C(N)c2ccc(OCc3ccccc3)c(/C=C(\C)CN(O)c3ccccc3)c2)CC1. The van der Waals surface area contributed by atoms with Crippen molar-refractivity contribution in [1.29, 1.82) is 5.41 Å². The van der Waals surface area contributed by atoms with E-state index in [0.717, 1.165) is 59.6 Å². The van der Waals surface area contributed by atoms with Crippen LogP contribution in [-0.4, -0.2) is 47.5 Å². The number of nitrogens with two attached hydrogens (primary N) is 1. The largest absolute Gasteiger partial charge is 0.488 e. The summed E-state index contributed by atoms with van der Waals surface area (Å²) in [6, 6.07) is 25.5. The lowest BCUT2D eigenvalue weighted by atomic mass is 10.0. The third-order valence-corrected chi connectivity index (χ3v) is 6.66. The van der Waals surface area contributed by atoms with Gasteiger partial charge in [-0.05, 0) is 62.6 Å². The lowest BCUT2D eigenvalue weighted by Crippen LogP contribution is -2.38. The van der Waals surface area contributed by atoms with Crippen molar-refractivity contribution in [3.8, 4) is 5.75 Å². The van der Waals surface area contributed by atoms with Crippen LogP contribution in [0.4, 0.5) is 5.69 Å². The van der Waals surface area contributed by atoms with E-state index in [0.29, 0.717) is 24.8 Å². The molecular formula is C31H37N5O2. The Labute approximate surface area is 225 Å². The molecule has 3 aromatic rings. The molecule has 4 rings (SSSR count). The lowest BCUT2D eigenvalue weighted by Gasteiger charge is -2.31. The van der Waals surface area contributed by atoms with Crippen LogP contribution >= 0.6 is 0 Å². The molecule has 0 aliphatic carbocycles. The molecule has 38 heavy (non-hydrogen) atoms. The van der Waals surface area contributed by atoms with Gasteiger partial charge in [0.15, 0.2) is 0 Å². The average molecular weight is 512 g/mol. The normalized spacial score (nSPS) is 14.9. The maximum atomic E-state index is 10.6. The number of hydrogen-bond acceptors (Lipinski definition) is 5. The predicted octanol–water partition coefficient (Wildman–Crippen LogP) is 5.73. The Morgan fingerprint density at radius 3 is 2.37 bits per heavy atom. The fourth-order valence-corrected chi connectivity index (χ4v) is 4.53. The molecule has 1 fully saturated rings. The first kappa shape index (κ1) is 26.9. The van der Waals surface area contributed by atoms with Crippen molar-refractivity contribution >= 4 is 23.4 Å². The molecule has 0 atom stereocenters. The van der Waals surface area contributed by atoms with Gasteiger partial charge >= 0.3 is 0 Å². The van der Waals surface area contributed by atoms with E-state index in [9.17, 15) is 5.21 Å². The first-order valence-electron chi connectivity index (χ1n) is 13.0. The van der Waals surface area contributed by atoms with Crippen molar-refractivity contribution in [2.45, 2.75) is 39.3 Å². The van der Waals surface area contributed by atoms with Crippen LogP contribution in [0.15, 0.2) is 89.4 Å². The highest BCUT2D eigenvalue weighted by atomic mass is 16.5. The summed E-state index contributed by atoms with van der Waals surface area (Å²) in [6.07, 6.45) is 3.79. The lowest BCUT2D eigenvalue weighted by molar-refractivity contribution is 0.264. The Hall–Kier alpha value is -4.10. The van der Waals surface area contributed by atoms with E-state index in [1.54, 1.807) is 0 Å². The minimum Gasteiger partial charge on any atom is -0.488 e. The summed E-state index contributed by atoms with van der Waals surface area (Å²) in [5.41, 5.74) is 11.0. The fraction of sp³-hybridized carbons (Fsp3) is 0.290. The molecule has 4 N–H and O–H groups in total. The van der Waals surface area contributed by atoms with Gasteiger partial charge in [-0.25, -0.2) is 0 Å². The number of benzene rings is 3. The van der Waals surface area contributed by atoms with Crippen molar-refractivity contribution in [3.05, 3.63) is 101 Å². The van der Waals surface area contributed by atoms with E-state index in [2.05, 4.69) is 4.90 Å². The zero-order chi connectivity index (χ0) is 26.9. The van der Waals surface area contributed by atoms with E-state index < -0.39 is 0 Å². The number of ether oxygens (including phenoxy) is 1. The Morgan fingerprint density at radius 1 is 1.05 bits per heavy atom. The minimum absolute atomic E-state index is 0.147. The van der Waals surface area contributed by atoms with Gasteiger partial charge in [0, 0.05) is 24.2 Å². The monoisotopic (exact) mass is 511 g/mol. The van der Waals surface area contributed by atoms with Crippen molar-refractivity contribution in [2.75, 3.05) is 24.7 Å². The molecular weight excluding hydrogens is 474 g/mol. The first-order chi connectivity index (χ1) is 18.4. The number of hydrogen-bond donors (Lipinski definition) is 3. The van der Waals surface area contributed by atoms with Gasteiger partial charge in [0.1, 0.15) is 18.2 Å². The van der Waals surface area contributed by atoms with Crippen LogP contribution in [0.3, 0.4) is 0 Å². The number of piperidine rings is 1. The first-order valence-corrected chi connectivity index (χ1v) is 13.0. The maximum absolute atomic E-state index is 10.6. The molecule has 0 spiro atoms. The highest BCUT2D eigenvalue weighted by Crippen LogP contribution is 2.26. The van der Waals surface area contributed by atoms with Gasteiger partial charge in [0.2, 0.25) is 0 Å². The second-order valence-electron chi connectivity index (χ2n) is 9.73. The van der Waals surface area contributed by atoms with Gasteiger partial charge in [-0.2, -0.15) is 0 Å². The molecule has 0 bridgehead atoms. The van der Waals surface area contributed by atoms with E-state index in [1.165, 1.54) is 5.06 Å². The topological polar surface area (TPSA) is 98.2 Å². The number of anilines is 1. The molecule has 1 heterocycles. The van der Waals surface area contributed by atoms with Crippen molar-refractivity contribution in [2.24, 2.45) is 10.7 Å². The molecule has 7 heteroatoms. The Morgan fingerprint density at radius 2 is 1.71 bits per heavy atom. The zero-order valence-corrected chi connectivity index (χ0v) is 22.2. The van der Waals surface area contributed by atoms with Gasteiger partial charge in [-0.15, -0.1) is 0 Å². The van der Waals surface area contributed by atoms with Crippen LogP contribution in [-0.2, 0) is 6.61 Å². The van der Waals surface area contributed by atoms with E-state index in [1.807, 2.05) is 98.8 Å². The number of nitrogens with zero attached hydrogens (tertiary/aromatic N) is 3. The Bertz CT molecular complexity index is 1270. The summed E-state index contributed by atoms with van der Waals surface area (Å²) in [6.45, 7) is 6.26. The van der Waals surface area contributed by atoms with Crippen LogP contribution in [0.25, 0.3) is 6.08 Å². The Kier molecular flexibility index (Phi) is 9.16. The maximum Gasteiger partial charge on any atom is 0.127 e. The highest BCUT2D eigenvalue weighted by Gasteiger charge is 2.19. The van der Waals surface area contributed by atoms with Crippen molar-refractivity contribution < 1.29 is 9.94 Å². The third kappa shape index (κ3) is 7.46. The van der Waals surface area contributed by atoms with Gasteiger partial charge < -0.3 is 15.4 Å². The molecule has 0 aromatic heterocycles. The molecule has 198 valence electrons. The van der Waals surface area contributed by atoms with Gasteiger partial charge in [0.25, 0.3) is 0 Å². The quantitative estimate of drug-likeness (QED) is 0.194. The smallest absolute Gasteiger partial charge is 0.127 e.